The van der Waals surface area contributed by atoms with Crippen molar-refractivity contribution in [1.82, 2.24) is 5.43 Å². The van der Waals surface area contributed by atoms with Gasteiger partial charge in [0.1, 0.15) is 11.5 Å². The van der Waals surface area contributed by atoms with Crippen LogP contribution in [0.5, 0.6) is 11.5 Å². The van der Waals surface area contributed by atoms with Gasteiger partial charge in [-0.1, -0.05) is 37.6 Å². The summed E-state index contributed by atoms with van der Waals surface area (Å²) < 4.78 is 10.9. The van der Waals surface area contributed by atoms with Crippen molar-refractivity contribution in [1.29, 1.82) is 0 Å². The summed E-state index contributed by atoms with van der Waals surface area (Å²) in [6.45, 7) is 6.04. The second kappa shape index (κ2) is 9.25. The van der Waals surface area contributed by atoms with Crippen LogP contribution in [0.4, 0.5) is 0 Å². The maximum absolute atomic E-state index is 12.0. The summed E-state index contributed by atoms with van der Waals surface area (Å²) in [5.74, 6) is 1.29. The largest absolute Gasteiger partial charge is 0.496 e. The lowest BCUT2D eigenvalue weighted by Crippen LogP contribution is -2.25. The van der Waals surface area contributed by atoms with Gasteiger partial charge in [-0.3, -0.25) is 4.79 Å². The van der Waals surface area contributed by atoms with Gasteiger partial charge in [0.25, 0.3) is 5.91 Å². The number of nitrogens with one attached hydrogen (secondary N) is 1. The Bertz CT molecular complexity index is 804. The third-order valence-corrected chi connectivity index (χ3v) is 3.97. The Labute approximate surface area is 159 Å². The Morgan fingerprint density at radius 2 is 2.00 bits per heavy atom. The molecule has 0 spiro atoms. The quantitative estimate of drug-likeness (QED) is 0.580. The first-order valence-corrected chi connectivity index (χ1v) is 8.67. The van der Waals surface area contributed by atoms with Gasteiger partial charge in [0, 0.05) is 10.6 Å². The van der Waals surface area contributed by atoms with E-state index in [-0.39, 0.29) is 12.5 Å². The van der Waals surface area contributed by atoms with Crippen molar-refractivity contribution in [2.45, 2.75) is 26.7 Å². The molecule has 138 valence electrons. The van der Waals surface area contributed by atoms with Crippen molar-refractivity contribution in [2.75, 3.05) is 13.7 Å². The van der Waals surface area contributed by atoms with Gasteiger partial charge in [-0.15, -0.1) is 0 Å². The molecule has 0 aliphatic heterocycles. The van der Waals surface area contributed by atoms with E-state index in [1.54, 1.807) is 25.3 Å². The molecule has 2 rings (SSSR count). The molecular weight excluding hydrogens is 352 g/mol. The minimum absolute atomic E-state index is 0.118. The molecule has 0 heterocycles. The van der Waals surface area contributed by atoms with Crippen LogP contribution >= 0.6 is 11.6 Å². The zero-order chi connectivity index (χ0) is 19.1. The summed E-state index contributed by atoms with van der Waals surface area (Å²) in [6, 6.07) is 11.1. The first-order chi connectivity index (χ1) is 12.4. The highest BCUT2D eigenvalue weighted by Gasteiger charge is 2.10. The van der Waals surface area contributed by atoms with E-state index < -0.39 is 0 Å². The Balaban J connectivity index is 1.96. The monoisotopic (exact) mass is 374 g/mol. The van der Waals surface area contributed by atoms with Crippen LogP contribution in [0, 0.1) is 6.92 Å². The fourth-order valence-electron chi connectivity index (χ4n) is 2.40. The molecule has 0 saturated heterocycles. The lowest BCUT2D eigenvalue weighted by Gasteiger charge is -2.14. The van der Waals surface area contributed by atoms with Gasteiger partial charge >= 0.3 is 0 Å². The third-order valence-electron chi connectivity index (χ3n) is 3.73. The molecule has 2 aromatic rings. The van der Waals surface area contributed by atoms with Gasteiger partial charge in [-0.25, -0.2) is 5.43 Å². The van der Waals surface area contributed by atoms with Gasteiger partial charge in [0.05, 0.1) is 13.3 Å². The standard InChI is InChI=1S/C20H23ClN2O3/c1-13(2)17-7-5-14(3)9-19(17)26-12-20(24)23-22-11-15-10-16(21)6-8-18(15)25-4/h5-11,13H,12H2,1-4H3,(H,23,24). The van der Waals surface area contributed by atoms with E-state index in [0.29, 0.717) is 22.3 Å². The highest BCUT2D eigenvalue weighted by molar-refractivity contribution is 6.30. The zero-order valence-electron chi connectivity index (χ0n) is 15.4. The summed E-state index contributed by atoms with van der Waals surface area (Å²) in [5.41, 5.74) is 5.26. The molecule has 0 aliphatic carbocycles. The van der Waals surface area contributed by atoms with Crippen LogP contribution in [-0.4, -0.2) is 25.8 Å². The van der Waals surface area contributed by atoms with E-state index in [2.05, 4.69) is 24.4 Å². The Hall–Kier alpha value is -2.53. The van der Waals surface area contributed by atoms with Crippen molar-refractivity contribution >= 4 is 23.7 Å². The average molecular weight is 375 g/mol. The second-order valence-corrected chi connectivity index (χ2v) is 6.60. The lowest BCUT2D eigenvalue weighted by atomic mass is 10.0. The number of hydrogen-bond donors (Lipinski definition) is 1. The van der Waals surface area contributed by atoms with E-state index in [0.717, 1.165) is 16.9 Å². The van der Waals surface area contributed by atoms with Crippen LogP contribution in [0.25, 0.3) is 0 Å². The molecule has 6 heteroatoms. The first-order valence-electron chi connectivity index (χ1n) is 8.29. The number of hydrogen-bond acceptors (Lipinski definition) is 4. The number of nitrogens with zero attached hydrogens (tertiary/aromatic N) is 1. The maximum atomic E-state index is 12.0. The molecule has 0 unspecified atom stereocenters. The molecule has 0 bridgehead atoms. The van der Waals surface area contributed by atoms with Crippen molar-refractivity contribution < 1.29 is 14.3 Å². The predicted octanol–water partition coefficient (Wildman–Crippen LogP) is 4.31. The normalized spacial score (nSPS) is 11.0. The molecule has 0 atom stereocenters. The van der Waals surface area contributed by atoms with Crippen molar-refractivity contribution in [2.24, 2.45) is 5.10 Å². The summed E-state index contributed by atoms with van der Waals surface area (Å²) in [6.07, 6.45) is 1.48. The van der Waals surface area contributed by atoms with Crippen LogP contribution in [0.2, 0.25) is 5.02 Å². The fraction of sp³-hybridized carbons (Fsp3) is 0.300. The van der Waals surface area contributed by atoms with Crippen LogP contribution in [-0.2, 0) is 4.79 Å². The molecule has 0 fully saturated rings. The van der Waals surface area contributed by atoms with Gasteiger partial charge in [0.2, 0.25) is 0 Å². The van der Waals surface area contributed by atoms with Crippen LogP contribution in [0.15, 0.2) is 41.5 Å². The van der Waals surface area contributed by atoms with Gasteiger partial charge in [-0.05, 0) is 48.2 Å². The van der Waals surface area contributed by atoms with E-state index in [1.165, 1.54) is 6.21 Å². The Kier molecular flexibility index (Phi) is 7.04. The number of methoxy groups -OCH3 is 1. The molecule has 2 aromatic carbocycles. The van der Waals surface area contributed by atoms with Crippen LogP contribution < -0.4 is 14.9 Å². The Morgan fingerprint density at radius 3 is 2.69 bits per heavy atom. The number of ether oxygens (including phenoxy) is 2. The highest BCUT2D eigenvalue weighted by Crippen LogP contribution is 2.27. The number of carbonyl (C=O) groups excluding carboxylic acids is 1. The number of amides is 1. The molecule has 1 N–H and O–H groups in total. The summed E-state index contributed by atoms with van der Waals surface area (Å²) in [7, 11) is 1.56. The van der Waals surface area contributed by atoms with Crippen molar-refractivity contribution in [3.05, 3.63) is 58.1 Å². The van der Waals surface area contributed by atoms with Gasteiger partial charge < -0.3 is 9.47 Å². The van der Waals surface area contributed by atoms with Gasteiger partial charge in [-0.2, -0.15) is 5.10 Å². The predicted molar refractivity (Wildman–Crippen MR) is 105 cm³/mol. The van der Waals surface area contributed by atoms with Crippen molar-refractivity contribution in [3.63, 3.8) is 0 Å². The molecule has 5 nitrogen and oxygen atoms in total. The Morgan fingerprint density at radius 1 is 1.23 bits per heavy atom. The number of aryl methyl sites for hydroxylation is 1. The second-order valence-electron chi connectivity index (χ2n) is 6.16. The van der Waals surface area contributed by atoms with E-state index >= 15 is 0 Å². The highest BCUT2D eigenvalue weighted by atomic mass is 35.5. The van der Waals surface area contributed by atoms with Crippen LogP contribution in [0.3, 0.4) is 0 Å². The minimum Gasteiger partial charge on any atom is -0.496 e. The molecular formula is C20H23ClN2O3. The number of hydrazone groups is 1. The molecule has 0 radical (unpaired) electrons. The molecule has 0 saturated carbocycles. The molecule has 0 aliphatic rings. The number of rotatable bonds is 7. The summed E-state index contributed by atoms with van der Waals surface area (Å²) in [5, 5.41) is 4.49. The number of benzene rings is 2. The van der Waals surface area contributed by atoms with E-state index in [1.807, 2.05) is 25.1 Å². The number of halogens is 1. The maximum Gasteiger partial charge on any atom is 0.277 e. The fourth-order valence-corrected chi connectivity index (χ4v) is 2.58. The van der Waals surface area contributed by atoms with E-state index in [9.17, 15) is 4.79 Å². The topological polar surface area (TPSA) is 59.9 Å². The van der Waals surface area contributed by atoms with E-state index in [4.69, 9.17) is 21.1 Å². The minimum atomic E-state index is -0.349. The third kappa shape index (κ3) is 5.49. The summed E-state index contributed by atoms with van der Waals surface area (Å²) >= 11 is 5.96. The van der Waals surface area contributed by atoms with Crippen molar-refractivity contribution in [3.8, 4) is 11.5 Å². The molecule has 0 aromatic heterocycles. The SMILES string of the molecule is COc1ccc(Cl)cc1C=NNC(=O)COc1cc(C)ccc1C(C)C. The summed E-state index contributed by atoms with van der Waals surface area (Å²) in [4.78, 5) is 12.0. The average Bonchev–Trinajstić information content (AvgIpc) is 2.60. The van der Waals surface area contributed by atoms with Crippen LogP contribution in [0.1, 0.15) is 36.5 Å². The number of carbonyl (C=O) groups is 1. The first kappa shape index (κ1) is 19.8. The molecule has 1 amide bonds. The zero-order valence-corrected chi connectivity index (χ0v) is 16.1. The van der Waals surface area contributed by atoms with Gasteiger partial charge in [0.15, 0.2) is 6.61 Å². The smallest absolute Gasteiger partial charge is 0.277 e. The lowest BCUT2D eigenvalue weighted by molar-refractivity contribution is -0.123. The molecule has 26 heavy (non-hydrogen) atoms.